The zero-order valence-electron chi connectivity index (χ0n) is 13.0. The summed E-state index contributed by atoms with van der Waals surface area (Å²) in [6.07, 6.45) is 4.61. The van der Waals surface area contributed by atoms with Gasteiger partial charge in [0.25, 0.3) is 0 Å². The molecule has 2 heterocycles. The molecule has 2 N–H and O–H groups in total. The maximum Gasteiger partial charge on any atom is 0.161 e. The highest BCUT2D eigenvalue weighted by Gasteiger charge is 2.25. The minimum Gasteiger partial charge on any atom is -0.323 e. The van der Waals surface area contributed by atoms with Gasteiger partial charge in [-0.2, -0.15) is 10.4 Å². The van der Waals surface area contributed by atoms with Crippen LogP contribution in [0.3, 0.4) is 0 Å². The Bertz CT molecular complexity index is 886. The molecule has 6 heteroatoms. The van der Waals surface area contributed by atoms with Crippen LogP contribution in [0.5, 0.6) is 0 Å². The van der Waals surface area contributed by atoms with Crippen LogP contribution in [0.2, 0.25) is 0 Å². The third kappa shape index (κ3) is 3.10. The van der Waals surface area contributed by atoms with Crippen molar-refractivity contribution in [2.45, 2.75) is 25.2 Å². The number of hydrogen-bond donors (Lipinski definition) is 2. The van der Waals surface area contributed by atoms with Gasteiger partial charge in [0.1, 0.15) is 5.82 Å². The molecular weight excluding hydrogens is 300 g/mol. The molecule has 0 saturated heterocycles. The van der Waals surface area contributed by atoms with E-state index in [1.54, 1.807) is 6.20 Å². The van der Waals surface area contributed by atoms with Crippen LogP contribution in [0, 0.1) is 11.3 Å². The maximum absolute atomic E-state index is 8.73. The second kappa shape index (κ2) is 6.13. The van der Waals surface area contributed by atoms with Gasteiger partial charge in [0.2, 0.25) is 0 Å². The number of anilines is 2. The molecule has 1 aromatic carbocycles. The standard InChI is InChI=1S/C18H16N6/c19-9-7-12-1-3-14(4-2-12)18-20-10-8-16(22-18)21-17-11-15(23-24-17)13-5-6-13/h1-4,8,10-11,13H,5-7H2,(H2,20,21,22,23,24). The van der Waals surface area contributed by atoms with E-state index >= 15 is 0 Å². The van der Waals surface area contributed by atoms with Crippen molar-refractivity contribution >= 4 is 11.6 Å². The average Bonchev–Trinajstić information content (AvgIpc) is 3.36. The molecule has 6 nitrogen and oxygen atoms in total. The lowest BCUT2D eigenvalue weighted by molar-refractivity contribution is 0.966. The zero-order chi connectivity index (χ0) is 16.4. The Kier molecular flexibility index (Phi) is 3.67. The Hall–Kier alpha value is -3.20. The van der Waals surface area contributed by atoms with Crippen LogP contribution in [-0.4, -0.2) is 20.2 Å². The molecule has 1 fully saturated rings. The number of aromatic nitrogens is 4. The molecule has 118 valence electrons. The number of rotatable bonds is 5. The molecular formula is C18H16N6. The summed E-state index contributed by atoms with van der Waals surface area (Å²) < 4.78 is 0. The van der Waals surface area contributed by atoms with E-state index in [4.69, 9.17) is 5.26 Å². The number of benzene rings is 1. The number of aromatic amines is 1. The number of nitrogens with one attached hydrogen (secondary N) is 2. The van der Waals surface area contributed by atoms with Gasteiger partial charge in [-0.1, -0.05) is 24.3 Å². The van der Waals surface area contributed by atoms with Gasteiger partial charge >= 0.3 is 0 Å². The second-order valence-corrected chi connectivity index (χ2v) is 5.91. The maximum atomic E-state index is 8.73. The monoisotopic (exact) mass is 316 g/mol. The van der Waals surface area contributed by atoms with Crippen molar-refractivity contribution in [2.24, 2.45) is 0 Å². The first kappa shape index (κ1) is 14.4. The van der Waals surface area contributed by atoms with Crippen molar-refractivity contribution in [1.29, 1.82) is 5.26 Å². The van der Waals surface area contributed by atoms with E-state index in [2.05, 4.69) is 31.6 Å². The smallest absolute Gasteiger partial charge is 0.161 e. The summed E-state index contributed by atoms with van der Waals surface area (Å²) in [4.78, 5) is 8.87. The Morgan fingerprint density at radius 2 is 2.00 bits per heavy atom. The molecule has 0 bridgehead atoms. The average molecular weight is 316 g/mol. The molecule has 1 aliphatic carbocycles. The van der Waals surface area contributed by atoms with E-state index < -0.39 is 0 Å². The predicted octanol–water partition coefficient (Wildman–Crippen LogP) is 3.55. The Balaban J connectivity index is 1.53. The zero-order valence-corrected chi connectivity index (χ0v) is 13.0. The first-order valence-corrected chi connectivity index (χ1v) is 7.93. The second-order valence-electron chi connectivity index (χ2n) is 5.91. The molecule has 0 spiro atoms. The van der Waals surface area contributed by atoms with Gasteiger partial charge in [0, 0.05) is 29.4 Å². The normalized spacial score (nSPS) is 13.5. The first-order chi connectivity index (χ1) is 11.8. The fraction of sp³-hybridized carbons (Fsp3) is 0.222. The lowest BCUT2D eigenvalue weighted by Crippen LogP contribution is -1.97. The SMILES string of the molecule is N#CCc1ccc(-c2nccc(Nc3cc(C4CC4)[nH]n3)n2)cc1. The quantitative estimate of drug-likeness (QED) is 0.751. The summed E-state index contributed by atoms with van der Waals surface area (Å²) in [5.41, 5.74) is 3.08. The number of nitriles is 1. The minimum atomic E-state index is 0.408. The van der Waals surface area contributed by atoms with Crippen LogP contribution in [0.15, 0.2) is 42.6 Å². The lowest BCUT2D eigenvalue weighted by atomic mass is 10.1. The van der Waals surface area contributed by atoms with Crippen molar-refractivity contribution in [3.63, 3.8) is 0 Å². The van der Waals surface area contributed by atoms with Crippen LogP contribution in [0.4, 0.5) is 11.6 Å². The van der Waals surface area contributed by atoms with Crippen LogP contribution in [0.25, 0.3) is 11.4 Å². The van der Waals surface area contributed by atoms with E-state index in [9.17, 15) is 0 Å². The Morgan fingerprint density at radius 1 is 1.17 bits per heavy atom. The summed E-state index contributed by atoms with van der Waals surface area (Å²) in [7, 11) is 0. The molecule has 1 aliphatic rings. The Morgan fingerprint density at radius 3 is 2.75 bits per heavy atom. The van der Waals surface area contributed by atoms with Crippen molar-refractivity contribution in [3.8, 4) is 17.5 Å². The predicted molar refractivity (Wildman–Crippen MR) is 90.6 cm³/mol. The number of H-pyrrole nitrogens is 1. The van der Waals surface area contributed by atoms with Crippen molar-refractivity contribution in [3.05, 3.63) is 53.9 Å². The van der Waals surface area contributed by atoms with Gasteiger partial charge in [0.05, 0.1) is 12.5 Å². The van der Waals surface area contributed by atoms with E-state index in [1.165, 1.54) is 18.5 Å². The fourth-order valence-corrected chi connectivity index (χ4v) is 2.57. The van der Waals surface area contributed by atoms with Crippen LogP contribution >= 0.6 is 0 Å². The summed E-state index contributed by atoms with van der Waals surface area (Å²) in [5, 5.41) is 19.3. The van der Waals surface area contributed by atoms with E-state index in [1.807, 2.05) is 36.4 Å². The topological polar surface area (TPSA) is 90.3 Å². The molecule has 24 heavy (non-hydrogen) atoms. The molecule has 0 aliphatic heterocycles. The van der Waals surface area contributed by atoms with Crippen molar-refractivity contribution in [1.82, 2.24) is 20.2 Å². The molecule has 0 radical (unpaired) electrons. The van der Waals surface area contributed by atoms with Crippen LogP contribution < -0.4 is 5.32 Å². The lowest BCUT2D eigenvalue weighted by Gasteiger charge is -2.05. The molecule has 3 aromatic rings. The van der Waals surface area contributed by atoms with E-state index in [0.717, 1.165) is 16.9 Å². The van der Waals surface area contributed by atoms with Gasteiger partial charge in [0.15, 0.2) is 11.6 Å². The molecule has 4 rings (SSSR count). The summed E-state index contributed by atoms with van der Waals surface area (Å²) in [5.74, 6) is 2.75. The van der Waals surface area contributed by atoms with Crippen molar-refractivity contribution in [2.75, 3.05) is 5.32 Å². The molecule has 0 unspecified atom stereocenters. The number of nitrogens with zero attached hydrogens (tertiary/aromatic N) is 4. The van der Waals surface area contributed by atoms with Gasteiger partial charge in [-0.25, -0.2) is 9.97 Å². The first-order valence-electron chi connectivity index (χ1n) is 7.93. The van der Waals surface area contributed by atoms with Crippen LogP contribution in [0.1, 0.15) is 30.0 Å². The third-order valence-corrected chi connectivity index (χ3v) is 4.02. The highest BCUT2D eigenvalue weighted by molar-refractivity contribution is 5.60. The number of hydrogen-bond acceptors (Lipinski definition) is 5. The largest absolute Gasteiger partial charge is 0.323 e. The summed E-state index contributed by atoms with van der Waals surface area (Å²) >= 11 is 0. The molecule has 0 amide bonds. The highest BCUT2D eigenvalue weighted by Crippen LogP contribution is 2.39. The van der Waals surface area contributed by atoms with Crippen LogP contribution in [-0.2, 0) is 6.42 Å². The summed E-state index contributed by atoms with van der Waals surface area (Å²) in [6, 6.07) is 13.7. The summed E-state index contributed by atoms with van der Waals surface area (Å²) in [6.45, 7) is 0. The van der Waals surface area contributed by atoms with Gasteiger partial charge in [-0.05, 0) is 24.5 Å². The molecule has 1 saturated carbocycles. The van der Waals surface area contributed by atoms with E-state index in [-0.39, 0.29) is 0 Å². The third-order valence-electron chi connectivity index (χ3n) is 4.02. The minimum absolute atomic E-state index is 0.408. The van der Waals surface area contributed by atoms with Crippen molar-refractivity contribution < 1.29 is 0 Å². The van der Waals surface area contributed by atoms with Gasteiger partial charge in [-0.3, -0.25) is 5.10 Å². The molecule has 2 aromatic heterocycles. The fourth-order valence-electron chi connectivity index (χ4n) is 2.57. The highest BCUT2D eigenvalue weighted by atomic mass is 15.2. The molecule has 0 atom stereocenters. The van der Waals surface area contributed by atoms with Gasteiger partial charge < -0.3 is 5.32 Å². The Labute approximate surface area is 139 Å². The van der Waals surface area contributed by atoms with Gasteiger partial charge in [-0.15, -0.1) is 0 Å². The van der Waals surface area contributed by atoms with E-state index in [0.29, 0.717) is 24.0 Å².